The highest BCUT2D eigenvalue weighted by atomic mass is 35.5. The van der Waals surface area contributed by atoms with Gasteiger partial charge < -0.3 is 5.32 Å². The summed E-state index contributed by atoms with van der Waals surface area (Å²) in [6, 6.07) is 22.1. The smallest absolute Gasteiger partial charge is 0.256 e. The van der Waals surface area contributed by atoms with Gasteiger partial charge in [0, 0.05) is 11.1 Å². The number of amides is 1. The van der Waals surface area contributed by atoms with Crippen molar-refractivity contribution < 1.29 is 4.79 Å². The van der Waals surface area contributed by atoms with Crippen molar-refractivity contribution in [1.29, 1.82) is 5.26 Å². The molecule has 3 aromatic carbocycles. The molecule has 3 rings (SSSR count). The highest BCUT2D eigenvalue weighted by Gasteiger charge is 2.15. The minimum absolute atomic E-state index is 0.269. The number of nitriles is 1. The van der Waals surface area contributed by atoms with Gasteiger partial charge in [-0.2, -0.15) is 5.26 Å². The van der Waals surface area contributed by atoms with E-state index in [9.17, 15) is 10.1 Å². The number of nitrogens with zero attached hydrogens (tertiary/aromatic N) is 1. The van der Waals surface area contributed by atoms with Crippen LogP contribution in [0.5, 0.6) is 0 Å². The molecule has 0 aliphatic heterocycles. The predicted molar refractivity (Wildman–Crippen MR) is 101 cm³/mol. The predicted octanol–water partition coefficient (Wildman–Crippen LogP) is 5.44. The third kappa shape index (κ3) is 3.55. The Morgan fingerprint density at radius 3 is 2.40 bits per heavy atom. The fraction of sp³-hybridized carbons (Fsp3) is 0.0476. The van der Waals surface area contributed by atoms with Crippen LogP contribution < -0.4 is 5.32 Å². The molecule has 0 unspecified atom stereocenters. The molecule has 0 fully saturated rings. The standard InChI is InChI=1S/C21H15ClN2O/c1-14-10-11-20(19(22)12-14)24-21(25)18-9-5-4-8-17(18)16-7-3-2-6-15(16)13-23/h2-12H,1H3,(H,24,25). The lowest BCUT2D eigenvalue weighted by Crippen LogP contribution is -2.13. The van der Waals surface area contributed by atoms with E-state index in [1.807, 2.05) is 37.3 Å². The van der Waals surface area contributed by atoms with Gasteiger partial charge in [0.1, 0.15) is 0 Å². The normalized spacial score (nSPS) is 10.1. The van der Waals surface area contributed by atoms with Crippen molar-refractivity contribution in [3.63, 3.8) is 0 Å². The first-order chi connectivity index (χ1) is 12.1. The first kappa shape index (κ1) is 16.8. The summed E-state index contributed by atoms with van der Waals surface area (Å²) in [5.41, 5.74) is 4.02. The van der Waals surface area contributed by atoms with E-state index < -0.39 is 0 Å². The number of halogens is 1. The average Bonchev–Trinajstić information content (AvgIpc) is 2.64. The Balaban J connectivity index is 2.01. The molecule has 3 aromatic rings. The van der Waals surface area contributed by atoms with Crippen LogP contribution in [0.1, 0.15) is 21.5 Å². The summed E-state index contributed by atoms with van der Waals surface area (Å²) < 4.78 is 0. The van der Waals surface area contributed by atoms with Gasteiger partial charge in [-0.15, -0.1) is 0 Å². The molecule has 0 spiro atoms. The van der Waals surface area contributed by atoms with Crippen molar-refractivity contribution >= 4 is 23.2 Å². The summed E-state index contributed by atoms with van der Waals surface area (Å²) in [4.78, 5) is 12.8. The van der Waals surface area contributed by atoms with Crippen LogP contribution >= 0.6 is 11.6 Å². The summed E-state index contributed by atoms with van der Waals surface area (Å²) in [6.07, 6.45) is 0. The molecule has 3 nitrogen and oxygen atoms in total. The van der Waals surface area contributed by atoms with Gasteiger partial charge in [0.15, 0.2) is 0 Å². The summed E-state index contributed by atoms with van der Waals surface area (Å²) in [5.74, 6) is -0.269. The van der Waals surface area contributed by atoms with E-state index in [0.717, 1.165) is 11.1 Å². The summed E-state index contributed by atoms with van der Waals surface area (Å²) in [6.45, 7) is 1.94. The minimum Gasteiger partial charge on any atom is -0.321 e. The van der Waals surface area contributed by atoms with Crippen molar-refractivity contribution in [1.82, 2.24) is 0 Å². The number of hydrogen-bond donors (Lipinski definition) is 1. The number of rotatable bonds is 3. The third-order valence-corrected chi connectivity index (χ3v) is 4.19. The van der Waals surface area contributed by atoms with Gasteiger partial charge in [0.05, 0.1) is 22.3 Å². The fourth-order valence-corrected chi connectivity index (χ4v) is 2.92. The fourth-order valence-electron chi connectivity index (χ4n) is 2.64. The maximum Gasteiger partial charge on any atom is 0.256 e. The first-order valence-corrected chi connectivity index (χ1v) is 8.14. The summed E-state index contributed by atoms with van der Waals surface area (Å²) in [5, 5.41) is 12.7. The second-order valence-electron chi connectivity index (χ2n) is 5.64. The molecule has 0 heterocycles. The zero-order valence-corrected chi connectivity index (χ0v) is 14.3. The van der Waals surface area contributed by atoms with Gasteiger partial charge in [-0.1, -0.05) is 54.1 Å². The molecule has 0 atom stereocenters. The van der Waals surface area contributed by atoms with Gasteiger partial charge in [-0.25, -0.2) is 0 Å². The number of anilines is 1. The Labute approximate surface area is 151 Å². The summed E-state index contributed by atoms with van der Waals surface area (Å²) in [7, 11) is 0. The molecule has 25 heavy (non-hydrogen) atoms. The third-order valence-electron chi connectivity index (χ3n) is 3.88. The van der Waals surface area contributed by atoms with Gasteiger partial charge in [0.25, 0.3) is 5.91 Å². The van der Waals surface area contributed by atoms with Crippen LogP contribution in [0.4, 0.5) is 5.69 Å². The van der Waals surface area contributed by atoms with Crippen LogP contribution in [0.3, 0.4) is 0 Å². The lowest BCUT2D eigenvalue weighted by atomic mass is 9.95. The lowest BCUT2D eigenvalue weighted by Gasteiger charge is -2.12. The molecular weight excluding hydrogens is 332 g/mol. The van der Waals surface area contributed by atoms with Gasteiger partial charge >= 0.3 is 0 Å². The van der Waals surface area contributed by atoms with E-state index in [0.29, 0.717) is 27.4 Å². The molecule has 0 aliphatic carbocycles. The number of aryl methyl sites for hydroxylation is 1. The van der Waals surface area contributed by atoms with Crippen molar-refractivity contribution in [2.45, 2.75) is 6.92 Å². The Kier molecular flexibility index (Phi) is 4.83. The Morgan fingerprint density at radius 2 is 1.68 bits per heavy atom. The molecule has 0 saturated heterocycles. The molecule has 0 bridgehead atoms. The Morgan fingerprint density at radius 1 is 1.00 bits per heavy atom. The number of hydrogen-bond acceptors (Lipinski definition) is 2. The first-order valence-electron chi connectivity index (χ1n) is 7.76. The second-order valence-corrected chi connectivity index (χ2v) is 6.05. The zero-order valence-electron chi connectivity index (χ0n) is 13.6. The highest BCUT2D eigenvalue weighted by molar-refractivity contribution is 6.34. The lowest BCUT2D eigenvalue weighted by molar-refractivity contribution is 0.102. The van der Waals surface area contributed by atoms with E-state index >= 15 is 0 Å². The largest absolute Gasteiger partial charge is 0.321 e. The topological polar surface area (TPSA) is 52.9 Å². The highest BCUT2D eigenvalue weighted by Crippen LogP contribution is 2.29. The molecule has 1 N–H and O–H groups in total. The number of carbonyl (C=O) groups excluding carboxylic acids is 1. The molecule has 122 valence electrons. The van der Waals surface area contributed by atoms with E-state index in [1.54, 1.807) is 36.4 Å². The molecule has 0 radical (unpaired) electrons. The molecule has 0 aliphatic rings. The van der Waals surface area contributed by atoms with Crippen LogP contribution in [0, 0.1) is 18.3 Å². The SMILES string of the molecule is Cc1ccc(NC(=O)c2ccccc2-c2ccccc2C#N)c(Cl)c1. The quantitative estimate of drug-likeness (QED) is 0.686. The van der Waals surface area contributed by atoms with Crippen LogP contribution in [-0.2, 0) is 0 Å². The zero-order chi connectivity index (χ0) is 17.8. The van der Waals surface area contributed by atoms with Crippen LogP contribution in [0.2, 0.25) is 5.02 Å². The van der Waals surface area contributed by atoms with Gasteiger partial charge in [-0.05, 0) is 42.3 Å². The summed E-state index contributed by atoms with van der Waals surface area (Å²) >= 11 is 6.21. The molecule has 0 aromatic heterocycles. The van der Waals surface area contributed by atoms with Crippen LogP contribution in [-0.4, -0.2) is 5.91 Å². The Bertz CT molecular complexity index is 989. The van der Waals surface area contributed by atoms with E-state index in [-0.39, 0.29) is 5.91 Å². The monoisotopic (exact) mass is 346 g/mol. The van der Waals surface area contributed by atoms with E-state index in [1.165, 1.54) is 0 Å². The minimum atomic E-state index is -0.269. The van der Waals surface area contributed by atoms with Crippen molar-refractivity contribution in [2.75, 3.05) is 5.32 Å². The maximum atomic E-state index is 12.8. The van der Waals surface area contributed by atoms with Crippen LogP contribution in [0.25, 0.3) is 11.1 Å². The van der Waals surface area contributed by atoms with E-state index in [2.05, 4.69) is 11.4 Å². The van der Waals surface area contributed by atoms with Crippen LogP contribution in [0.15, 0.2) is 66.7 Å². The average molecular weight is 347 g/mol. The van der Waals surface area contributed by atoms with Gasteiger partial charge in [-0.3, -0.25) is 4.79 Å². The van der Waals surface area contributed by atoms with Gasteiger partial charge in [0.2, 0.25) is 0 Å². The van der Waals surface area contributed by atoms with Crippen molar-refractivity contribution in [3.8, 4) is 17.2 Å². The van der Waals surface area contributed by atoms with E-state index in [4.69, 9.17) is 11.6 Å². The number of nitrogens with one attached hydrogen (secondary N) is 1. The second kappa shape index (κ2) is 7.21. The molecule has 1 amide bonds. The molecule has 0 saturated carbocycles. The number of carbonyl (C=O) groups is 1. The number of benzene rings is 3. The Hall–Kier alpha value is -3.09. The maximum absolute atomic E-state index is 12.8. The molecule has 4 heteroatoms. The van der Waals surface area contributed by atoms with Crippen molar-refractivity contribution in [2.24, 2.45) is 0 Å². The molecular formula is C21H15ClN2O. The van der Waals surface area contributed by atoms with Crippen molar-refractivity contribution in [3.05, 3.63) is 88.4 Å².